The predicted molar refractivity (Wildman–Crippen MR) is 128 cm³/mol. The first-order valence-electron chi connectivity index (χ1n) is 10.2. The maximum absolute atomic E-state index is 13.7. The van der Waals surface area contributed by atoms with Gasteiger partial charge < -0.3 is 10.1 Å². The molecular weight excluding hydrogens is 424 g/mol. The summed E-state index contributed by atoms with van der Waals surface area (Å²) in [5, 5.41) is 2.81. The molecule has 0 aromatic heterocycles. The molecule has 0 unspecified atom stereocenters. The predicted octanol–water partition coefficient (Wildman–Crippen LogP) is 4.76. The molecule has 0 spiro atoms. The third-order valence-corrected chi connectivity index (χ3v) is 7.08. The van der Waals surface area contributed by atoms with Gasteiger partial charge >= 0.3 is 0 Å². The molecule has 6 nitrogen and oxygen atoms in total. The molecule has 0 saturated heterocycles. The zero-order valence-corrected chi connectivity index (χ0v) is 19.8. The van der Waals surface area contributed by atoms with Gasteiger partial charge in [-0.3, -0.25) is 9.10 Å². The van der Waals surface area contributed by atoms with E-state index < -0.39 is 15.9 Å². The third-order valence-electron chi connectivity index (χ3n) is 5.29. The maximum Gasteiger partial charge on any atom is 0.268 e. The Kier molecular flexibility index (Phi) is 6.89. The summed E-state index contributed by atoms with van der Waals surface area (Å²) in [7, 11) is -2.66. The molecule has 0 heterocycles. The Balaban J connectivity index is 2.00. The molecule has 168 valence electrons. The SMILES string of the molecule is COc1ccc(C)cc1S(=O)(=O)N(CC(=O)Nc1ccc(C)c(C)c1)c1ccc(C)cc1. The fourth-order valence-electron chi connectivity index (χ4n) is 3.28. The molecule has 0 atom stereocenters. The van der Waals surface area contributed by atoms with E-state index in [4.69, 9.17) is 4.74 Å². The summed E-state index contributed by atoms with van der Waals surface area (Å²) in [6, 6.07) is 17.5. The lowest BCUT2D eigenvalue weighted by Gasteiger charge is -2.25. The lowest BCUT2D eigenvalue weighted by molar-refractivity contribution is -0.114. The second kappa shape index (κ2) is 9.44. The normalized spacial score (nSPS) is 11.2. The summed E-state index contributed by atoms with van der Waals surface area (Å²) in [4.78, 5) is 12.9. The van der Waals surface area contributed by atoms with Crippen LogP contribution in [0.2, 0.25) is 0 Å². The highest BCUT2D eigenvalue weighted by Crippen LogP contribution is 2.31. The Labute approximate surface area is 189 Å². The van der Waals surface area contributed by atoms with E-state index in [0.29, 0.717) is 11.4 Å². The zero-order valence-electron chi connectivity index (χ0n) is 19.0. The molecule has 1 amide bonds. The number of nitrogens with one attached hydrogen (secondary N) is 1. The van der Waals surface area contributed by atoms with E-state index in [1.165, 1.54) is 7.11 Å². The third kappa shape index (κ3) is 5.11. The molecule has 1 N–H and O–H groups in total. The first-order chi connectivity index (χ1) is 15.1. The molecule has 3 aromatic rings. The molecule has 0 saturated carbocycles. The van der Waals surface area contributed by atoms with Crippen molar-refractivity contribution in [3.8, 4) is 5.75 Å². The fraction of sp³-hybridized carbons (Fsp3) is 0.240. The fourth-order valence-corrected chi connectivity index (χ4v) is 4.94. The number of sulfonamides is 1. The molecule has 7 heteroatoms. The van der Waals surface area contributed by atoms with Gasteiger partial charge in [-0.1, -0.05) is 29.8 Å². The van der Waals surface area contributed by atoms with Gasteiger partial charge in [0.25, 0.3) is 10.0 Å². The minimum absolute atomic E-state index is 0.0135. The van der Waals surface area contributed by atoms with Crippen LogP contribution in [0.25, 0.3) is 0 Å². The number of carbonyl (C=O) groups excluding carboxylic acids is 1. The second-order valence-corrected chi connectivity index (χ2v) is 9.68. The minimum Gasteiger partial charge on any atom is -0.495 e. The summed E-state index contributed by atoms with van der Waals surface area (Å²) in [5.41, 5.74) is 4.92. The Morgan fingerprint density at radius 1 is 0.875 bits per heavy atom. The highest BCUT2D eigenvalue weighted by atomic mass is 32.2. The van der Waals surface area contributed by atoms with Crippen molar-refractivity contribution in [3.63, 3.8) is 0 Å². The summed E-state index contributed by atoms with van der Waals surface area (Å²) in [5.74, 6) is -0.216. The minimum atomic E-state index is -4.09. The second-order valence-electron chi connectivity index (χ2n) is 7.85. The van der Waals surface area contributed by atoms with Crippen LogP contribution in [0.3, 0.4) is 0 Å². The van der Waals surface area contributed by atoms with Gasteiger partial charge in [-0.2, -0.15) is 0 Å². The van der Waals surface area contributed by atoms with Gasteiger partial charge in [-0.05, 0) is 80.8 Å². The van der Waals surface area contributed by atoms with Crippen molar-refractivity contribution < 1.29 is 17.9 Å². The summed E-state index contributed by atoms with van der Waals surface area (Å²) < 4.78 is 33.8. The van der Waals surface area contributed by atoms with Gasteiger partial charge in [-0.15, -0.1) is 0 Å². The summed E-state index contributed by atoms with van der Waals surface area (Å²) >= 11 is 0. The van der Waals surface area contributed by atoms with Crippen molar-refractivity contribution >= 4 is 27.3 Å². The van der Waals surface area contributed by atoms with E-state index in [0.717, 1.165) is 26.6 Å². The standard InChI is InChI=1S/C25H28N2O4S/c1-17-6-11-22(12-7-17)27(16-25(28)26-21-10-9-19(3)20(4)15-21)32(29,30)24-14-18(2)8-13-23(24)31-5/h6-15H,16H2,1-5H3,(H,26,28). The molecule has 0 fully saturated rings. The van der Waals surface area contributed by atoms with Crippen LogP contribution in [0, 0.1) is 27.7 Å². The number of hydrogen-bond donors (Lipinski definition) is 1. The lowest BCUT2D eigenvalue weighted by Crippen LogP contribution is -2.38. The molecule has 0 bridgehead atoms. The van der Waals surface area contributed by atoms with Gasteiger partial charge in [0.1, 0.15) is 17.2 Å². The van der Waals surface area contributed by atoms with Crippen molar-refractivity contribution in [1.29, 1.82) is 0 Å². The van der Waals surface area contributed by atoms with Gasteiger partial charge in [-0.25, -0.2) is 8.42 Å². The average molecular weight is 453 g/mol. The van der Waals surface area contributed by atoms with E-state index in [9.17, 15) is 13.2 Å². The van der Waals surface area contributed by atoms with Crippen molar-refractivity contribution in [2.45, 2.75) is 32.6 Å². The number of methoxy groups -OCH3 is 1. The monoisotopic (exact) mass is 452 g/mol. The number of benzene rings is 3. The Morgan fingerprint density at radius 2 is 1.53 bits per heavy atom. The van der Waals surface area contributed by atoms with Crippen LogP contribution in [0.1, 0.15) is 22.3 Å². The molecule has 0 aliphatic heterocycles. The molecule has 0 aliphatic rings. The molecule has 3 rings (SSSR count). The van der Waals surface area contributed by atoms with Crippen LogP contribution in [0.15, 0.2) is 65.6 Å². The Bertz CT molecular complexity index is 1240. The smallest absolute Gasteiger partial charge is 0.268 e. The van der Waals surface area contributed by atoms with E-state index in [1.807, 2.05) is 45.0 Å². The Morgan fingerprint density at radius 3 is 2.16 bits per heavy atom. The molecule has 32 heavy (non-hydrogen) atoms. The number of rotatable bonds is 7. The first-order valence-corrected chi connectivity index (χ1v) is 11.7. The van der Waals surface area contributed by atoms with Crippen LogP contribution in [-0.2, 0) is 14.8 Å². The van der Waals surface area contributed by atoms with E-state index in [-0.39, 0.29) is 17.2 Å². The van der Waals surface area contributed by atoms with Gasteiger partial charge in [0.05, 0.1) is 12.8 Å². The quantitative estimate of drug-likeness (QED) is 0.561. The van der Waals surface area contributed by atoms with Crippen LogP contribution in [-0.4, -0.2) is 28.0 Å². The molecular formula is C25H28N2O4S. The number of aryl methyl sites for hydroxylation is 4. The number of anilines is 2. The molecule has 3 aromatic carbocycles. The number of carbonyl (C=O) groups is 1. The summed E-state index contributed by atoms with van der Waals surface area (Å²) in [6.07, 6.45) is 0. The zero-order chi connectivity index (χ0) is 23.5. The van der Waals surface area contributed by atoms with Gasteiger partial charge in [0.15, 0.2) is 0 Å². The van der Waals surface area contributed by atoms with E-state index in [2.05, 4.69) is 5.32 Å². The van der Waals surface area contributed by atoms with Crippen molar-refractivity contribution in [2.24, 2.45) is 0 Å². The van der Waals surface area contributed by atoms with Crippen LogP contribution < -0.4 is 14.4 Å². The van der Waals surface area contributed by atoms with E-state index in [1.54, 1.807) is 43.3 Å². The van der Waals surface area contributed by atoms with Crippen molar-refractivity contribution in [1.82, 2.24) is 0 Å². The number of nitrogens with zero attached hydrogens (tertiary/aromatic N) is 1. The van der Waals surface area contributed by atoms with E-state index >= 15 is 0 Å². The topological polar surface area (TPSA) is 75.7 Å². The molecule has 0 aliphatic carbocycles. The Hall–Kier alpha value is -3.32. The number of hydrogen-bond acceptors (Lipinski definition) is 4. The van der Waals surface area contributed by atoms with Crippen molar-refractivity contribution in [2.75, 3.05) is 23.3 Å². The van der Waals surface area contributed by atoms with Crippen molar-refractivity contribution in [3.05, 3.63) is 82.9 Å². The highest BCUT2D eigenvalue weighted by molar-refractivity contribution is 7.93. The van der Waals surface area contributed by atoms with Gasteiger partial charge in [0.2, 0.25) is 5.91 Å². The van der Waals surface area contributed by atoms with Crippen LogP contribution in [0.5, 0.6) is 5.75 Å². The highest BCUT2D eigenvalue weighted by Gasteiger charge is 2.30. The summed E-state index contributed by atoms with van der Waals surface area (Å²) in [6.45, 7) is 7.29. The maximum atomic E-state index is 13.7. The first kappa shape index (κ1) is 23.3. The van der Waals surface area contributed by atoms with Gasteiger partial charge in [0, 0.05) is 5.69 Å². The number of ether oxygens (including phenoxy) is 1. The molecule has 0 radical (unpaired) electrons. The average Bonchev–Trinajstić information content (AvgIpc) is 2.75. The largest absolute Gasteiger partial charge is 0.495 e. The van der Waals surface area contributed by atoms with Crippen LogP contribution >= 0.6 is 0 Å². The lowest BCUT2D eigenvalue weighted by atomic mass is 10.1. The number of amides is 1. The van der Waals surface area contributed by atoms with Crippen LogP contribution in [0.4, 0.5) is 11.4 Å².